The maximum absolute atomic E-state index is 14.1. The lowest BCUT2D eigenvalue weighted by atomic mass is 9.92. The highest BCUT2D eigenvalue weighted by Crippen LogP contribution is 2.39. The van der Waals surface area contributed by atoms with Crippen molar-refractivity contribution in [2.24, 2.45) is 0 Å². The summed E-state index contributed by atoms with van der Waals surface area (Å²) in [5.41, 5.74) is 7.99. The third-order valence-corrected chi connectivity index (χ3v) is 10.8. The van der Waals surface area contributed by atoms with Crippen LogP contribution in [0.25, 0.3) is 11.0 Å². The Morgan fingerprint density at radius 1 is 1.08 bits per heavy atom. The minimum atomic E-state index is -4.70. The highest BCUT2D eigenvalue weighted by Gasteiger charge is 2.36. The van der Waals surface area contributed by atoms with Gasteiger partial charge in [-0.1, -0.05) is 35.9 Å². The summed E-state index contributed by atoms with van der Waals surface area (Å²) in [5.74, 6) is -0.0711. The molecule has 1 unspecified atom stereocenters. The molecule has 2 aromatic heterocycles. The molecule has 7 rings (SSSR count). The van der Waals surface area contributed by atoms with Crippen LogP contribution in [-0.4, -0.2) is 79.9 Å². The number of pyridine rings is 1. The normalized spacial score (nSPS) is 17.4. The Morgan fingerprint density at radius 2 is 1.88 bits per heavy atom. The lowest BCUT2D eigenvalue weighted by Crippen LogP contribution is -2.50. The molecule has 0 saturated carbocycles. The molecular formula is C38H42ClF3N8O2. The van der Waals surface area contributed by atoms with Crippen LogP contribution in [0.2, 0.25) is 5.02 Å². The third-order valence-electron chi connectivity index (χ3n) is 10.5. The van der Waals surface area contributed by atoms with Gasteiger partial charge in [-0.3, -0.25) is 9.78 Å². The van der Waals surface area contributed by atoms with Gasteiger partial charge in [0.1, 0.15) is 5.82 Å². The van der Waals surface area contributed by atoms with Crippen molar-refractivity contribution in [3.63, 3.8) is 0 Å². The number of aryl methyl sites for hydroxylation is 1. The molecule has 1 atom stereocenters. The minimum Gasteiger partial charge on any atom is -0.397 e. The van der Waals surface area contributed by atoms with Crippen LogP contribution >= 0.6 is 11.6 Å². The van der Waals surface area contributed by atoms with Crippen LogP contribution in [0.1, 0.15) is 60.5 Å². The number of alkyl halides is 3. The van der Waals surface area contributed by atoms with Crippen molar-refractivity contribution in [3.8, 4) is 0 Å². The smallest absolute Gasteiger partial charge is 0.397 e. The first-order chi connectivity index (χ1) is 25.0. The molecule has 0 bridgehead atoms. The molecule has 1 saturated heterocycles. The van der Waals surface area contributed by atoms with E-state index in [-0.39, 0.29) is 35.8 Å². The van der Waals surface area contributed by atoms with Gasteiger partial charge < -0.3 is 30.3 Å². The Hall–Kier alpha value is -4.78. The van der Waals surface area contributed by atoms with E-state index in [0.717, 1.165) is 55.2 Å². The Bertz CT molecular complexity index is 1970. The number of hydrogen-bond donors (Lipinski definition) is 2. The summed E-state index contributed by atoms with van der Waals surface area (Å²) < 4.78 is 44.1. The molecular weight excluding hydrogens is 693 g/mol. The molecule has 3 aliphatic rings. The van der Waals surface area contributed by atoms with Crippen LogP contribution in [0.3, 0.4) is 0 Å². The summed E-state index contributed by atoms with van der Waals surface area (Å²) >= 11 is 6.26. The Kier molecular flexibility index (Phi) is 10.3. The molecule has 4 aromatic rings. The van der Waals surface area contributed by atoms with Gasteiger partial charge in [0.25, 0.3) is 0 Å². The number of piperidine rings is 1. The van der Waals surface area contributed by atoms with Crippen molar-refractivity contribution in [3.05, 3.63) is 94.7 Å². The standard InChI is InChI=1S/C38H42ClF3N8O2/c39-30-22-25(21-29(35(30)43)38(40,41)42)20-27(36-45-32-8-12-44-24-33(32)50(36)16-5-15-47-13-3-4-14-47)23-34(51)48-17-10-28(11-18-48)49-19-9-26-6-1-2-7-31(26)46-37(49)52/h1-3,6-8,12-13,21-22,24,27-28H,4-5,9-11,14-20,23,43H2,(H,46,52). The fourth-order valence-corrected chi connectivity index (χ4v) is 8.00. The lowest BCUT2D eigenvalue weighted by molar-refractivity contribution is -0.137. The van der Waals surface area contributed by atoms with Gasteiger partial charge in [0.15, 0.2) is 0 Å². The van der Waals surface area contributed by atoms with E-state index < -0.39 is 23.3 Å². The number of carbonyl (C=O) groups excluding carboxylic acids is 2. The number of nitrogens with two attached hydrogens (primary N) is 1. The van der Waals surface area contributed by atoms with Crippen molar-refractivity contribution >= 4 is 45.9 Å². The van der Waals surface area contributed by atoms with Crippen molar-refractivity contribution in [2.45, 2.75) is 69.6 Å². The number of rotatable bonds is 10. The fourth-order valence-electron chi connectivity index (χ4n) is 7.76. The first-order valence-corrected chi connectivity index (χ1v) is 18.2. The molecule has 274 valence electrons. The number of hydrogen-bond acceptors (Lipinski definition) is 6. The molecule has 0 radical (unpaired) electrons. The quantitative estimate of drug-likeness (QED) is 0.168. The highest BCUT2D eigenvalue weighted by molar-refractivity contribution is 6.33. The number of amides is 3. The van der Waals surface area contributed by atoms with Gasteiger partial charge >= 0.3 is 12.2 Å². The van der Waals surface area contributed by atoms with E-state index in [1.54, 1.807) is 17.3 Å². The Labute approximate surface area is 305 Å². The molecule has 2 aromatic carbocycles. The Morgan fingerprint density at radius 3 is 2.65 bits per heavy atom. The van der Waals surface area contributed by atoms with Gasteiger partial charge in [-0.05, 0) is 80.1 Å². The zero-order valence-corrected chi connectivity index (χ0v) is 29.5. The summed E-state index contributed by atoms with van der Waals surface area (Å²) in [6.07, 6.45) is 6.84. The van der Waals surface area contributed by atoms with E-state index in [2.05, 4.69) is 32.0 Å². The summed E-state index contributed by atoms with van der Waals surface area (Å²) in [4.78, 5) is 42.5. The van der Waals surface area contributed by atoms with Crippen LogP contribution in [0.4, 0.5) is 29.3 Å². The van der Waals surface area contributed by atoms with Gasteiger partial charge in [0, 0.05) is 69.5 Å². The van der Waals surface area contributed by atoms with Crippen molar-refractivity contribution in [1.82, 2.24) is 29.2 Å². The molecule has 5 heterocycles. The molecule has 3 N–H and O–H groups in total. The monoisotopic (exact) mass is 734 g/mol. The summed E-state index contributed by atoms with van der Waals surface area (Å²) in [7, 11) is 0. The zero-order valence-electron chi connectivity index (χ0n) is 28.8. The van der Waals surface area contributed by atoms with Crippen LogP contribution in [-0.2, 0) is 30.4 Å². The SMILES string of the molecule is Nc1c(Cl)cc(CC(CC(=O)N2CCC(N3CCc4ccccc4NC3=O)CC2)c2nc3ccncc3n2CCCN2C=CCC2)cc1C(F)(F)F. The van der Waals surface area contributed by atoms with E-state index in [1.807, 2.05) is 35.2 Å². The number of urea groups is 1. The van der Waals surface area contributed by atoms with Crippen molar-refractivity contribution in [1.29, 1.82) is 0 Å². The van der Waals surface area contributed by atoms with E-state index in [0.29, 0.717) is 55.9 Å². The molecule has 3 aliphatic heterocycles. The van der Waals surface area contributed by atoms with E-state index in [9.17, 15) is 22.8 Å². The predicted molar refractivity (Wildman–Crippen MR) is 195 cm³/mol. The van der Waals surface area contributed by atoms with Crippen LogP contribution in [0.5, 0.6) is 0 Å². The summed E-state index contributed by atoms with van der Waals surface area (Å²) in [5, 5.41) is 2.85. The third kappa shape index (κ3) is 7.69. The van der Waals surface area contributed by atoms with Gasteiger partial charge in [-0.15, -0.1) is 0 Å². The first kappa shape index (κ1) is 35.6. The van der Waals surface area contributed by atoms with Crippen molar-refractivity contribution in [2.75, 3.05) is 43.8 Å². The van der Waals surface area contributed by atoms with Gasteiger partial charge in [-0.25, -0.2) is 9.78 Å². The van der Waals surface area contributed by atoms with E-state index in [1.165, 1.54) is 6.07 Å². The fraction of sp³-hybridized carbons (Fsp3) is 0.421. The second-order valence-electron chi connectivity index (χ2n) is 13.8. The average Bonchev–Trinajstić information content (AvgIpc) is 3.74. The molecule has 10 nitrogen and oxygen atoms in total. The van der Waals surface area contributed by atoms with E-state index in [4.69, 9.17) is 22.3 Å². The predicted octanol–water partition coefficient (Wildman–Crippen LogP) is 7.09. The summed E-state index contributed by atoms with van der Waals surface area (Å²) in [6, 6.07) is 11.9. The maximum atomic E-state index is 14.1. The largest absolute Gasteiger partial charge is 0.418 e. The number of likely N-dealkylation sites (tertiary alicyclic amines) is 1. The van der Waals surface area contributed by atoms with Crippen LogP contribution in [0.15, 0.2) is 67.1 Å². The summed E-state index contributed by atoms with van der Waals surface area (Å²) in [6.45, 7) is 3.90. The number of nitrogens with one attached hydrogen (secondary N) is 1. The second-order valence-corrected chi connectivity index (χ2v) is 14.2. The molecule has 1 fully saturated rings. The zero-order chi connectivity index (χ0) is 36.4. The van der Waals surface area contributed by atoms with Crippen molar-refractivity contribution < 1.29 is 22.8 Å². The number of fused-ring (bicyclic) bond motifs is 2. The maximum Gasteiger partial charge on any atom is 0.418 e. The lowest BCUT2D eigenvalue weighted by Gasteiger charge is -2.38. The number of benzene rings is 2. The number of anilines is 2. The molecule has 52 heavy (non-hydrogen) atoms. The molecule has 0 aliphatic carbocycles. The van der Waals surface area contributed by atoms with Crippen LogP contribution < -0.4 is 11.1 Å². The molecule has 14 heteroatoms. The first-order valence-electron chi connectivity index (χ1n) is 17.8. The number of nitrogens with zero attached hydrogens (tertiary/aromatic N) is 6. The number of carbonyl (C=O) groups is 2. The second kappa shape index (κ2) is 15.1. The topological polar surface area (TPSA) is 113 Å². The highest BCUT2D eigenvalue weighted by atomic mass is 35.5. The van der Waals surface area contributed by atoms with Crippen LogP contribution in [0, 0.1) is 0 Å². The number of imidazole rings is 1. The number of halogens is 4. The molecule has 3 amide bonds. The molecule has 0 spiro atoms. The number of para-hydroxylation sites is 1. The number of aromatic nitrogens is 3. The van der Waals surface area contributed by atoms with E-state index >= 15 is 0 Å². The van der Waals surface area contributed by atoms with Gasteiger partial charge in [0.05, 0.1) is 33.5 Å². The number of nitrogen functional groups attached to an aromatic ring is 1. The van der Waals surface area contributed by atoms with Gasteiger partial charge in [-0.2, -0.15) is 13.2 Å². The minimum absolute atomic E-state index is 0.0194. The Balaban J connectivity index is 1.12. The van der Waals surface area contributed by atoms with Gasteiger partial charge in [0.2, 0.25) is 5.91 Å². The average molecular weight is 735 g/mol.